The van der Waals surface area contributed by atoms with Gasteiger partial charge in [0, 0.05) is 0 Å². The van der Waals surface area contributed by atoms with Gasteiger partial charge in [0.15, 0.2) is 0 Å². The summed E-state index contributed by atoms with van der Waals surface area (Å²) in [5, 5.41) is 37.2. The van der Waals surface area contributed by atoms with Gasteiger partial charge in [0.2, 0.25) is 0 Å². The molecule has 1 aliphatic heterocycles. The lowest BCUT2D eigenvalue weighted by Crippen LogP contribution is -2.57. The predicted octanol–water partition coefficient (Wildman–Crippen LogP) is -1.46. The highest BCUT2D eigenvalue weighted by atomic mass is 32.2. The smallest absolute Gasteiger partial charge is 0.132 e. The van der Waals surface area contributed by atoms with Crippen molar-refractivity contribution in [3.8, 4) is 0 Å². The quantitative estimate of drug-likeness (QED) is 0.468. The van der Waals surface area contributed by atoms with Gasteiger partial charge in [-0.15, -0.1) is 11.8 Å². The van der Waals surface area contributed by atoms with Gasteiger partial charge in [-0.2, -0.15) is 0 Å². The van der Waals surface area contributed by atoms with E-state index in [1.807, 2.05) is 6.92 Å². The summed E-state index contributed by atoms with van der Waals surface area (Å²) in [7, 11) is 0. The zero-order valence-electron chi connectivity index (χ0n) is 7.91. The lowest BCUT2D eigenvalue weighted by atomic mass is 10.0. The second-order valence-corrected chi connectivity index (χ2v) is 4.53. The summed E-state index contributed by atoms with van der Waals surface area (Å²) in [4.78, 5) is 0. The zero-order chi connectivity index (χ0) is 10.7. The maximum absolute atomic E-state index is 9.51. The summed E-state index contributed by atoms with van der Waals surface area (Å²) in [6.45, 7) is 1.53. The van der Waals surface area contributed by atoms with E-state index < -0.39 is 29.9 Å². The molecule has 0 radical (unpaired) electrons. The van der Waals surface area contributed by atoms with Gasteiger partial charge >= 0.3 is 0 Å². The Bertz CT molecular complexity index is 175. The zero-order valence-corrected chi connectivity index (χ0v) is 8.72. The SMILES string of the molecule is CCS[C@@H]1O[C@@H](CO)[C@@H](O)[C@H](O)[C@@H]1O. The van der Waals surface area contributed by atoms with Crippen molar-refractivity contribution in [3.05, 3.63) is 0 Å². The van der Waals surface area contributed by atoms with Gasteiger partial charge in [0.05, 0.1) is 6.61 Å². The first kappa shape index (κ1) is 12.2. The monoisotopic (exact) mass is 224 g/mol. The van der Waals surface area contributed by atoms with Crippen LogP contribution < -0.4 is 0 Å². The number of hydrogen-bond donors (Lipinski definition) is 4. The fraction of sp³-hybridized carbons (Fsp3) is 1.00. The number of aliphatic hydroxyl groups excluding tert-OH is 4. The van der Waals surface area contributed by atoms with Crippen molar-refractivity contribution in [2.75, 3.05) is 12.4 Å². The van der Waals surface area contributed by atoms with Crippen molar-refractivity contribution in [1.82, 2.24) is 0 Å². The van der Waals surface area contributed by atoms with Crippen molar-refractivity contribution in [2.24, 2.45) is 0 Å². The third kappa shape index (κ3) is 2.39. The molecular weight excluding hydrogens is 208 g/mol. The van der Waals surface area contributed by atoms with Gasteiger partial charge < -0.3 is 25.2 Å². The molecule has 6 heteroatoms. The predicted molar refractivity (Wildman–Crippen MR) is 51.9 cm³/mol. The molecule has 1 fully saturated rings. The Hall–Kier alpha value is 0.150. The highest BCUT2D eigenvalue weighted by Gasteiger charge is 2.43. The van der Waals surface area contributed by atoms with Crippen LogP contribution in [0.25, 0.3) is 0 Å². The van der Waals surface area contributed by atoms with Crippen LogP contribution in [0.15, 0.2) is 0 Å². The Labute approximate surface area is 86.7 Å². The van der Waals surface area contributed by atoms with Crippen LogP contribution >= 0.6 is 11.8 Å². The molecule has 0 aromatic rings. The van der Waals surface area contributed by atoms with Crippen LogP contribution in [0, 0.1) is 0 Å². The molecule has 4 N–H and O–H groups in total. The molecule has 1 heterocycles. The highest BCUT2D eigenvalue weighted by molar-refractivity contribution is 7.99. The van der Waals surface area contributed by atoms with Gasteiger partial charge in [-0.25, -0.2) is 0 Å². The first-order valence-electron chi connectivity index (χ1n) is 4.54. The fourth-order valence-electron chi connectivity index (χ4n) is 1.37. The van der Waals surface area contributed by atoms with Crippen molar-refractivity contribution < 1.29 is 25.2 Å². The normalized spacial score (nSPS) is 43.9. The molecule has 0 bridgehead atoms. The second-order valence-electron chi connectivity index (χ2n) is 3.15. The third-order valence-electron chi connectivity index (χ3n) is 2.18. The first-order chi connectivity index (χ1) is 6.61. The van der Waals surface area contributed by atoms with Crippen molar-refractivity contribution >= 4 is 11.8 Å². The molecule has 1 saturated heterocycles. The lowest BCUT2D eigenvalue weighted by molar-refractivity contribution is -0.205. The van der Waals surface area contributed by atoms with E-state index in [1.54, 1.807) is 0 Å². The van der Waals surface area contributed by atoms with Crippen LogP contribution in [0.4, 0.5) is 0 Å². The maximum atomic E-state index is 9.51. The Morgan fingerprint density at radius 2 is 1.79 bits per heavy atom. The molecular formula is C8H16O5S. The minimum atomic E-state index is -1.26. The highest BCUT2D eigenvalue weighted by Crippen LogP contribution is 2.27. The largest absolute Gasteiger partial charge is 0.394 e. The number of ether oxygens (including phenoxy) is 1. The van der Waals surface area contributed by atoms with E-state index in [4.69, 9.17) is 9.84 Å². The molecule has 0 amide bonds. The summed E-state index contributed by atoms with van der Waals surface area (Å²) >= 11 is 1.33. The van der Waals surface area contributed by atoms with Crippen LogP contribution in [-0.4, -0.2) is 62.6 Å². The molecule has 5 atom stereocenters. The Kier molecular flexibility index (Phi) is 4.62. The van der Waals surface area contributed by atoms with Gasteiger partial charge in [-0.3, -0.25) is 0 Å². The minimum Gasteiger partial charge on any atom is -0.394 e. The van der Waals surface area contributed by atoms with Crippen LogP contribution in [-0.2, 0) is 4.74 Å². The van der Waals surface area contributed by atoms with E-state index in [1.165, 1.54) is 11.8 Å². The van der Waals surface area contributed by atoms with E-state index in [0.717, 1.165) is 5.75 Å². The molecule has 14 heavy (non-hydrogen) atoms. The molecule has 0 aromatic carbocycles. The molecule has 5 nitrogen and oxygen atoms in total. The molecule has 84 valence electrons. The van der Waals surface area contributed by atoms with Crippen LogP contribution in [0.1, 0.15) is 6.92 Å². The lowest BCUT2D eigenvalue weighted by Gasteiger charge is -2.39. The van der Waals surface area contributed by atoms with Crippen molar-refractivity contribution in [2.45, 2.75) is 36.8 Å². The van der Waals surface area contributed by atoms with Crippen LogP contribution in [0.2, 0.25) is 0 Å². The molecule has 1 rings (SSSR count). The summed E-state index contributed by atoms with van der Waals surface area (Å²) in [6, 6.07) is 0. The molecule has 0 saturated carbocycles. The number of aliphatic hydroxyl groups is 4. The third-order valence-corrected chi connectivity index (χ3v) is 3.23. The van der Waals surface area contributed by atoms with E-state index in [2.05, 4.69) is 0 Å². The van der Waals surface area contributed by atoms with Crippen molar-refractivity contribution in [3.63, 3.8) is 0 Å². The Morgan fingerprint density at radius 1 is 1.14 bits per heavy atom. The van der Waals surface area contributed by atoms with Gasteiger partial charge in [0.25, 0.3) is 0 Å². The van der Waals surface area contributed by atoms with E-state index >= 15 is 0 Å². The van der Waals surface area contributed by atoms with Crippen molar-refractivity contribution in [1.29, 1.82) is 0 Å². The van der Waals surface area contributed by atoms with Gasteiger partial charge in [-0.1, -0.05) is 6.92 Å². The molecule has 0 aromatic heterocycles. The average molecular weight is 224 g/mol. The molecule has 1 aliphatic rings. The standard InChI is InChI=1S/C8H16O5S/c1-2-14-8-7(12)6(11)5(10)4(3-9)13-8/h4-12H,2-3H2,1H3/t4-,5+,6-,7-,8-/m0/s1. The van der Waals surface area contributed by atoms with Crippen LogP contribution in [0.3, 0.4) is 0 Å². The number of hydrogen-bond acceptors (Lipinski definition) is 6. The summed E-state index contributed by atoms with van der Waals surface area (Å²) in [6.07, 6.45) is -4.43. The Balaban J connectivity index is 2.63. The number of thioether (sulfide) groups is 1. The molecule has 0 aliphatic carbocycles. The van der Waals surface area contributed by atoms with Gasteiger partial charge in [-0.05, 0) is 5.75 Å². The summed E-state index contributed by atoms with van der Waals surface area (Å²) < 4.78 is 5.22. The fourth-order valence-corrected chi connectivity index (χ4v) is 2.28. The summed E-state index contributed by atoms with van der Waals surface area (Å²) in [5.41, 5.74) is -0.587. The minimum absolute atomic E-state index is 0.369. The van der Waals surface area contributed by atoms with E-state index in [-0.39, 0.29) is 6.61 Å². The van der Waals surface area contributed by atoms with E-state index in [0.29, 0.717) is 0 Å². The van der Waals surface area contributed by atoms with Gasteiger partial charge in [0.1, 0.15) is 29.9 Å². The van der Waals surface area contributed by atoms with E-state index in [9.17, 15) is 15.3 Å². The summed E-state index contributed by atoms with van der Waals surface area (Å²) in [5.74, 6) is 0.725. The second kappa shape index (κ2) is 5.29. The average Bonchev–Trinajstić information content (AvgIpc) is 2.19. The maximum Gasteiger partial charge on any atom is 0.132 e. The molecule has 0 spiro atoms. The first-order valence-corrected chi connectivity index (χ1v) is 5.58. The number of rotatable bonds is 3. The molecule has 0 unspecified atom stereocenters. The Morgan fingerprint density at radius 3 is 2.29 bits per heavy atom. The topological polar surface area (TPSA) is 90.2 Å². The van der Waals surface area contributed by atoms with Crippen LogP contribution in [0.5, 0.6) is 0 Å².